The number of benzene rings is 3. The average molecular weight is 394 g/mol. The predicted octanol–water partition coefficient (Wildman–Crippen LogP) is 3.57. The Morgan fingerprint density at radius 2 is 1.57 bits per heavy atom. The predicted molar refractivity (Wildman–Crippen MR) is 111 cm³/mol. The Morgan fingerprint density at radius 1 is 0.893 bits per heavy atom. The molecule has 0 saturated carbocycles. The topological polar surface area (TPSA) is 57.7 Å². The molecule has 5 nitrogen and oxygen atoms in total. The van der Waals surface area contributed by atoms with Crippen LogP contribution in [0.5, 0.6) is 0 Å². The number of aryl methyl sites for hydroxylation is 1. The molecule has 144 valence electrons. The molecule has 0 bridgehead atoms. The van der Waals surface area contributed by atoms with Gasteiger partial charge in [0.25, 0.3) is 0 Å². The SMILES string of the molecule is Cc1ccc(S(=O)(=O)N2CCN(c3cccc4ccccc34)C(=O)[C@@H]2C)cc1. The summed E-state index contributed by atoms with van der Waals surface area (Å²) >= 11 is 0. The zero-order chi connectivity index (χ0) is 19.9. The molecular weight excluding hydrogens is 372 g/mol. The molecule has 0 aromatic heterocycles. The van der Waals surface area contributed by atoms with Crippen LogP contribution in [-0.4, -0.2) is 37.8 Å². The van der Waals surface area contributed by atoms with Crippen molar-refractivity contribution in [3.63, 3.8) is 0 Å². The number of carbonyl (C=O) groups is 1. The maximum Gasteiger partial charge on any atom is 0.245 e. The van der Waals surface area contributed by atoms with Gasteiger partial charge in [-0.15, -0.1) is 0 Å². The highest BCUT2D eigenvalue weighted by atomic mass is 32.2. The van der Waals surface area contributed by atoms with Gasteiger partial charge in [-0.05, 0) is 37.4 Å². The fraction of sp³-hybridized carbons (Fsp3) is 0.227. The molecular formula is C22H22N2O3S. The van der Waals surface area contributed by atoms with E-state index in [9.17, 15) is 13.2 Å². The number of carbonyl (C=O) groups excluding carboxylic acids is 1. The Hall–Kier alpha value is -2.70. The molecule has 6 heteroatoms. The molecule has 1 fully saturated rings. The van der Waals surface area contributed by atoms with Crippen molar-refractivity contribution in [1.29, 1.82) is 0 Å². The lowest BCUT2D eigenvalue weighted by atomic mass is 10.1. The fourth-order valence-corrected chi connectivity index (χ4v) is 5.29. The lowest BCUT2D eigenvalue weighted by Crippen LogP contribution is -2.57. The van der Waals surface area contributed by atoms with Gasteiger partial charge in [-0.1, -0.05) is 54.1 Å². The minimum Gasteiger partial charge on any atom is -0.309 e. The van der Waals surface area contributed by atoms with Crippen LogP contribution in [0.25, 0.3) is 10.8 Å². The first-order valence-electron chi connectivity index (χ1n) is 9.27. The third-order valence-electron chi connectivity index (χ3n) is 5.28. The highest BCUT2D eigenvalue weighted by Gasteiger charge is 2.39. The van der Waals surface area contributed by atoms with Gasteiger partial charge in [0.05, 0.1) is 10.6 Å². The lowest BCUT2D eigenvalue weighted by Gasteiger charge is -2.38. The van der Waals surface area contributed by atoms with Crippen LogP contribution in [0.4, 0.5) is 5.69 Å². The molecule has 28 heavy (non-hydrogen) atoms. The number of rotatable bonds is 3. The molecule has 0 radical (unpaired) electrons. The largest absolute Gasteiger partial charge is 0.309 e. The van der Waals surface area contributed by atoms with Gasteiger partial charge in [-0.3, -0.25) is 4.79 Å². The van der Waals surface area contributed by atoms with Crippen LogP contribution >= 0.6 is 0 Å². The number of fused-ring (bicyclic) bond motifs is 1. The maximum atomic E-state index is 13.1. The van der Waals surface area contributed by atoms with Gasteiger partial charge in [0.15, 0.2) is 0 Å². The van der Waals surface area contributed by atoms with E-state index >= 15 is 0 Å². The summed E-state index contributed by atoms with van der Waals surface area (Å²) in [5.41, 5.74) is 1.81. The summed E-state index contributed by atoms with van der Waals surface area (Å²) in [6, 6.07) is 19.7. The number of amides is 1. The Labute approximate surface area is 165 Å². The van der Waals surface area contributed by atoms with Gasteiger partial charge in [-0.25, -0.2) is 8.42 Å². The molecule has 1 aliphatic rings. The van der Waals surface area contributed by atoms with Crippen molar-refractivity contribution in [3.05, 3.63) is 72.3 Å². The highest BCUT2D eigenvalue weighted by molar-refractivity contribution is 7.89. The van der Waals surface area contributed by atoms with E-state index in [4.69, 9.17) is 0 Å². The van der Waals surface area contributed by atoms with E-state index in [-0.39, 0.29) is 17.3 Å². The second kappa shape index (κ2) is 7.04. The Balaban J connectivity index is 1.67. The summed E-state index contributed by atoms with van der Waals surface area (Å²) in [6.07, 6.45) is 0. The molecule has 1 atom stereocenters. The van der Waals surface area contributed by atoms with E-state index in [1.807, 2.05) is 49.4 Å². The van der Waals surface area contributed by atoms with E-state index in [0.717, 1.165) is 22.0 Å². The molecule has 1 amide bonds. The van der Waals surface area contributed by atoms with Crippen molar-refractivity contribution in [2.45, 2.75) is 24.8 Å². The summed E-state index contributed by atoms with van der Waals surface area (Å²) in [5.74, 6) is -0.210. The minimum atomic E-state index is -3.72. The van der Waals surface area contributed by atoms with Gasteiger partial charge >= 0.3 is 0 Å². The molecule has 0 spiro atoms. The summed E-state index contributed by atoms with van der Waals surface area (Å²) in [5, 5.41) is 2.04. The summed E-state index contributed by atoms with van der Waals surface area (Å²) in [7, 11) is -3.72. The van der Waals surface area contributed by atoms with Gasteiger partial charge in [0.1, 0.15) is 6.04 Å². The van der Waals surface area contributed by atoms with Crippen molar-refractivity contribution in [2.24, 2.45) is 0 Å². The number of hydrogen-bond acceptors (Lipinski definition) is 3. The monoisotopic (exact) mass is 394 g/mol. The van der Waals surface area contributed by atoms with Crippen molar-refractivity contribution < 1.29 is 13.2 Å². The second-order valence-electron chi connectivity index (χ2n) is 7.09. The smallest absolute Gasteiger partial charge is 0.245 e. The van der Waals surface area contributed by atoms with E-state index in [0.29, 0.717) is 6.54 Å². The standard InChI is InChI=1S/C22H22N2O3S/c1-16-10-12-19(13-11-16)28(26,27)24-15-14-23(22(25)17(24)2)21-9-5-7-18-6-3-4-8-20(18)21/h3-13,17H,14-15H2,1-2H3/t17-/m0/s1. The Morgan fingerprint density at radius 3 is 2.32 bits per heavy atom. The van der Waals surface area contributed by atoms with Crippen molar-refractivity contribution in [2.75, 3.05) is 18.0 Å². The minimum absolute atomic E-state index is 0.210. The molecule has 0 unspecified atom stereocenters. The number of nitrogens with zero attached hydrogens (tertiary/aromatic N) is 2. The van der Waals surface area contributed by atoms with Crippen molar-refractivity contribution in [1.82, 2.24) is 4.31 Å². The van der Waals surface area contributed by atoms with Gasteiger partial charge < -0.3 is 4.90 Å². The molecule has 0 aliphatic carbocycles. The number of anilines is 1. The van der Waals surface area contributed by atoms with Crippen molar-refractivity contribution in [3.8, 4) is 0 Å². The molecule has 0 N–H and O–H groups in total. The highest BCUT2D eigenvalue weighted by Crippen LogP contribution is 2.30. The van der Waals surface area contributed by atoms with Gasteiger partial charge in [-0.2, -0.15) is 4.31 Å². The molecule has 3 aromatic rings. The third-order valence-corrected chi connectivity index (χ3v) is 7.27. The van der Waals surface area contributed by atoms with Crippen LogP contribution in [-0.2, 0) is 14.8 Å². The normalized spacial score (nSPS) is 18.6. The van der Waals surface area contributed by atoms with Crippen LogP contribution in [0.1, 0.15) is 12.5 Å². The number of hydrogen-bond donors (Lipinski definition) is 0. The first kappa shape index (κ1) is 18.7. The summed E-state index contributed by atoms with van der Waals surface area (Å²) in [4.78, 5) is 15.1. The number of sulfonamides is 1. The molecule has 4 rings (SSSR count). The quantitative estimate of drug-likeness (QED) is 0.682. The second-order valence-corrected chi connectivity index (χ2v) is 8.98. The van der Waals surface area contributed by atoms with E-state index < -0.39 is 16.1 Å². The lowest BCUT2D eigenvalue weighted by molar-refractivity contribution is -0.123. The molecule has 1 saturated heterocycles. The van der Waals surface area contributed by atoms with Crippen LogP contribution in [0.2, 0.25) is 0 Å². The summed E-state index contributed by atoms with van der Waals surface area (Å²) in [6.45, 7) is 4.14. The van der Waals surface area contributed by atoms with Gasteiger partial charge in [0, 0.05) is 18.5 Å². The number of piperazine rings is 1. The Bertz CT molecular complexity index is 1130. The van der Waals surface area contributed by atoms with Crippen LogP contribution in [0.15, 0.2) is 71.6 Å². The fourth-order valence-electron chi connectivity index (χ4n) is 3.71. The zero-order valence-corrected chi connectivity index (χ0v) is 16.7. The summed E-state index contributed by atoms with van der Waals surface area (Å²) < 4.78 is 27.4. The van der Waals surface area contributed by atoms with E-state index in [1.54, 1.807) is 36.1 Å². The van der Waals surface area contributed by atoms with Crippen LogP contribution in [0.3, 0.4) is 0 Å². The van der Waals surface area contributed by atoms with Crippen LogP contribution < -0.4 is 4.90 Å². The third kappa shape index (κ3) is 3.08. The zero-order valence-electron chi connectivity index (χ0n) is 15.9. The van der Waals surface area contributed by atoms with E-state index in [2.05, 4.69) is 0 Å². The molecule has 1 aliphatic heterocycles. The Kier molecular flexibility index (Phi) is 4.69. The van der Waals surface area contributed by atoms with E-state index in [1.165, 1.54) is 4.31 Å². The molecule has 3 aromatic carbocycles. The van der Waals surface area contributed by atoms with Crippen molar-refractivity contribution >= 4 is 32.4 Å². The van der Waals surface area contributed by atoms with Crippen LogP contribution in [0, 0.1) is 6.92 Å². The van der Waals surface area contributed by atoms with Gasteiger partial charge in [0.2, 0.25) is 15.9 Å². The first-order chi connectivity index (χ1) is 13.4. The average Bonchev–Trinajstić information content (AvgIpc) is 2.70. The first-order valence-corrected chi connectivity index (χ1v) is 10.7. The molecule has 1 heterocycles. The maximum absolute atomic E-state index is 13.1.